The van der Waals surface area contributed by atoms with Gasteiger partial charge in [0, 0.05) is 6.42 Å². The summed E-state index contributed by atoms with van der Waals surface area (Å²) in [6, 6.07) is 9.73. The smallest absolute Gasteiger partial charge is 0.308 e. The number of rotatable bonds is 7. The van der Waals surface area contributed by atoms with Gasteiger partial charge in [0.2, 0.25) is 0 Å². The molecular formula is C14H20O4. The van der Waals surface area contributed by atoms with Gasteiger partial charge in [-0.15, -0.1) is 0 Å². The molecule has 0 amide bonds. The molecule has 1 aromatic rings. The van der Waals surface area contributed by atoms with Gasteiger partial charge < -0.3 is 14.9 Å². The lowest BCUT2D eigenvalue weighted by Crippen LogP contribution is -2.29. The highest BCUT2D eigenvalue weighted by Gasteiger charge is 2.23. The van der Waals surface area contributed by atoms with Gasteiger partial charge in [-0.25, -0.2) is 0 Å². The highest BCUT2D eigenvalue weighted by molar-refractivity contribution is 5.70. The summed E-state index contributed by atoms with van der Waals surface area (Å²) in [5.41, 5.74) is 1.06. The zero-order chi connectivity index (χ0) is 13.5. The topological polar surface area (TPSA) is 66.8 Å². The van der Waals surface area contributed by atoms with Crippen molar-refractivity contribution >= 4 is 5.97 Å². The molecule has 1 rings (SSSR count). The molecule has 0 fully saturated rings. The third kappa shape index (κ3) is 4.85. The number of hydrogen-bond donors (Lipinski definition) is 2. The molecule has 2 N–H and O–H groups in total. The molecular weight excluding hydrogens is 232 g/mol. The van der Waals surface area contributed by atoms with Crippen LogP contribution in [-0.2, 0) is 16.1 Å². The van der Waals surface area contributed by atoms with Crippen molar-refractivity contribution in [3.63, 3.8) is 0 Å². The number of aliphatic carboxylic acids is 1. The summed E-state index contributed by atoms with van der Waals surface area (Å²) in [6.07, 6.45) is -0.740. The van der Waals surface area contributed by atoms with Crippen LogP contribution in [0, 0.1) is 5.92 Å². The van der Waals surface area contributed by atoms with Crippen LogP contribution in [0.1, 0.15) is 25.8 Å². The summed E-state index contributed by atoms with van der Waals surface area (Å²) >= 11 is 0. The fourth-order valence-corrected chi connectivity index (χ4v) is 1.59. The second-order valence-corrected chi connectivity index (χ2v) is 4.54. The predicted molar refractivity (Wildman–Crippen MR) is 68.1 cm³/mol. The van der Waals surface area contributed by atoms with E-state index < -0.39 is 18.0 Å². The van der Waals surface area contributed by atoms with E-state index in [1.807, 2.05) is 37.3 Å². The normalized spacial score (nSPS) is 15.9. The van der Waals surface area contributed by atoms with Crippen LogP contribution in [0.5, 0.6) is 0 Å². The summed E-state index contributed by atoms with van der Waals surface area (Å²) in [4.78, 5) is 10.7. The van der Waals surface area contributed by atoms with E-state index in [1.165, 1.54) is 6.92 Å². The van der Waals surface area contributed by atoms with Crippen molar-refractivity contribution < 1.29 is 19.7 Å². The van der Waals surface area contributed by atoms with Gasteiger partial charge in [-0.3, -0.25) is 4.79 Å². The molecule has 1 unspecified atom stereocenters. The van der Waals surface area contributed by atoms with Crippen molar-refractivity contribution in [1.29, 1.82) is 0 Å². The highest BCUT2D eigenvalue weighted by atomic mass is 16.5. The van der Waals surface area contributed by atoms with Gasteiger partial charge in [-0.2, -0.15) is 0 Å². The van der Waals surface area contributed by atoms with Crippen molar-refractivity contribution in [3.05, 3.63) is 35.9 Å². The van der Waals surface area contributed by atoms with Crippen LogP contribution in [-0.4, -0.2) is 28.4 Å². The van der Waals surface area contributed by atoms with Crippen molar-refractivity contribution in [2.45, 2.75) is 39.1 Å². The number of carboxylic acid groups (broad SMARTS) is 1. The van der Waals surface area contributed by atoms with E-state index in [9.17, 15) is 9.90 Å². The molecule has 0 aliphatic carbocycles. The van der Waals surface area contributed by atoms with Gasteiger partial charge in [-0.1, -0.05) is 30.3 Å². The maximum atomic E-state index is 10.7. The first kappa shape index (κ1) is 14.7. The molecule has 18 heavy (non-hydrogen) atoms. The molecule has 0 heterocycles. The minimum Gasteiger partial charge on any atom is -0.481 e. The Morgan fingerprint density at radius 2 is 1.89 bits per heavy atom. The van der Waals surface area contributed by atoms with Crippen LogP contribution >= 0.6 is 0 Å². The Morgan fingerprint density at radius 1 is 1.28 bits per heavy atom. The minimum absolute atomic E-state index is 0.179. The third-order valence-corrected chi connectivity index (χ3v) is 2.92. The third-order valence-electron chi connectivity index (χ3n) is 2.92. The van der Waals surface area contributed by atoms with E-state index in [-0.39, 0.29) is 6.10 Å². The molecule has 0 aliphatic heterocycles. The number of benzene rings is 1. The Kier molecular flexibility index (Phi) is 5.82. The predicted octanol–water partition coefficient (Wildman–Crippen LogP) is 2.06. The van der Waals surface area contributed by atoms with Gasteiger partial charge in [0.15, 0.2) is 0 Å². The minimum atomic E-state index is -0.988. The van der Waals surface area contributed by atoms with E-state index in [1.54, 1.807) is 0 Å². The number of ether oxygens (including phenoxy) is 1. The summed E-state index contributed by atoms with van der Waals surface area (Å²) < 4.78 is 5.58. The van der Waals surface area contributed by atoms with Crippen molar-refractivity contribution in [3.8, 4) is 0 Å². The number of carboxylic acids is 1. The molecule has 0 aromatic heterocycles. The second-order valence-electron chi connectivity index (χ2n) is 4.54. The lowest BCUT2D eigenvalue weighted by molar-refractivity contribution is -0.145. The Morgan fingerprint density at radius 3 is 2.44 bits per heavy atom. The first-order chi connectivity index (χ1) is 8.50. The lowest BCUT2D eigenvalue weighted by Gasteiger charge is -2.19. The van der Waals surface area contributed by atoms with Crippen LogP contribution in [0.4, 0.5) is 0 Å². The average Bonchev–Trinajstić information content (AvgIpc) is 2.36. The van der Waals surface area contributed by atoms with Crippen molar-refractivity contribution in [1.82, 2.24) is 0 Å². The largest absolute Gasteiger partial charge is 0.481 e. The molecule has 4 nitrogen and oxygen atoms in total. The van der Waals surface area contributed by atoms with Gasteiger partial charge in [-0.05, 0) is 19.4 Å². The van der Waals surface area contributed by atoms with Crippen molar-refractivity contribution in [2.75, 3.05) is 0 Å². The van der Waals surface area contributed by atoms with Gasteiger partial charge >= 0.3 is 5.97 Å². The highest BCUT2D eigenvalue weighted by Crippen LogP contribution is 2.13. The quantitative estimate of drug-likeness (QED) is 0.779. The van der Waals surface area contributed by atoms with E-state index >= 15 is 0 Å². The zero-order valence-electron chi connectivity index (χ0n) is 10.7. The monoisotopic (exact) mass is 252 g/mol. The summed E-state index contributed by atoms with van der Waals surface area (Å²) in [5, 5.41) is 18.5. The Balaban J connectivity index is 2.33. The molecule has 0 aliphatic rings. The molecule has 0 radical (unpaired) electrons. The van der Waals surface area contributed by atoms with E-state index in [0.29, 0.717) is 13.0 Å². The summed E-state index contributed by atoms with van der Waals surface area (Å²) in [6.45, 7) is 3.80. The van der Waals surface area contributed by atoms with Crippen LogP contribution in [0.3, 0.4) is 0 Å². The number of aliphatic hydroxyl groups excluding tert-OH is 1. The molecule has 0 saturated carbocycles. The Hall–Kier alpha value is -1.39. The maximum Gasteiger partial charge on any atom is 0.308 e. The standard InChI is InChI=1S/C14H20O4/c1-10(8-13(15)11(2)14(16)17)18-9-12-6-4-3-5-7-12/h3-7,10-11,13,15H,8-9H2,1-2H3,(H,16,17)/t10-,11?,13+/m1/s1. The molecule has 4 heteroatoms. The first-order valence-corrected chi connectivity index (χ1v) is 6.07. The van der Waals surface area contributed by atoms with Gasteiger partial charge in [0.05, 0.1) is 24.7 Å². The van der Waals surface area contributed by atoms with Crippen LogP contribution in [0.15, 0.2) is 30.3 Å². The van der Waals surface area contributed by atoms with E-state index in [0.717, 1.165) is 5.56 Å². The molecule has 1 aromatic carbocycles. The molecule has 0 bridgehead atoms. The van der Waals surface area contributed by atoms with E-state index in [2.05, 4.69) is 0 Å². The lowest BCUT2D eigenvalue weighted by atomic mass is 10.00. The van der Waals surface area contributed by atoms with Crippen molar-refractivity contribution in [2.24, 2.45) is 5.92 Å². The summed E-state index contributed by atoms with van der Waals surface area (Å²) in [7, 11) is 0. The summed E-state index contributed by atoms with van der Waals surface area (Å²) in [5.74, 6) is -1.76. The van der Waals surface area contributed by atoms with E-state index in [4.69, 9.17) is 9.84 Å². The molecule has 100 valence electrons. The number of carbonyl (C=O) groups is 1. The molecule has 0 saturated heterocycles. The first-order valence-electron chi connectivity index (χ1n) is 6.07. The fourth-order valence-electron chi connectivity index (χ4n) is 1.59. The molecule has 0 spiro atoms. The number of hydrogen-bond acceptors (Lipinski definition) is 3. The Labute approximate surface area is 107 Å². The average molecular weight is 252 g/mol. The fraction of sp³-hybridized carbons (Fsp3) is 0.500. The van der Waals surface area contributed by atoms with Gasteiger partial charge in [0.1, 0.15) is 0 Å². The SMILES string of the molecule is CC(C(=O)O)[C@@H](O)C[C@@H](C)OCc1ccccc1. The van der Waals surface area contributed by atoms with Gasteiger partial charge in [0.25, 0.3) is 0 Å². The zero-order valence-corrected chi connectivity index (χ0v) is 10.7. The maximum absolute atomic E-state index is 10.7. The molecule has 3 atom stereocenters. The van der Waals surface area contributed by atoms with Crippen LogP contribution in [0.2, 0.25) is 0 Å². The second kappa shape index (κ2) is 7.13. The Bertz CT molecular complexity index is 363. The van der Waals surface area contributed by atoms with Crippen LogP contribution in [0.25, 0.3) is 0 Å². The van der Waals surface area contributed by atoms with Crippen LogP contribution < -0.4 is 0 Å². The number of aliphatic hydroxyl groups is 1.